The van der Waals surface area contributed by atoms with Crippen molar-refractivity contribution in [3.05, 3.63) is 83.0 Å². The molecule has 1 unspecified atom stereocenters. The molecule has 1 fully saturated rings. The first kappa shape index (κ1) is 25.3. The molecule has 3 heterocycles. The summed E-state index contributed by atoms with van der Waals surface area (Å²) in [6.07, 6.45) is 3.84. The largest absolute Gasteiger partial charge is 0.354 e. The highest BCUT2D eigenvalue weighted by atomic mass is 35.5. The van der Waals surface area contributed by atoms with Gasteiger partial charge in [-0.05, 0) is 25.1 Å². The Bertz CT molecular complexity index is 1310. The third kappa shape index (κ3) is 6.33. The normalized spacial score (nSPS) is 14.9. The predicted molar refractivity (Wildman–Crippen MR) is 150 cm³/mol. The minimum Gasteiger partial charge on any atom is -0.354 e. The van der Waals surface area contributed by atoms with Crippen LogP contribution in [0.1, 0.15) is 11.8 Å². The molecule has 0 saturated carbocycles. The Morgan fingerprint density at radius 3 is 2.38 bits per heavy atom. The first-order valence-corrected chi connectivity index (χ1v) is 13.6. The van der Waals surface area contributed by atoms with E-state index in [-0.39, 0.29) is 11.9 Å². The molecule has 5 rings (SSSR count). The van der Waals surface area contributed by atoms with E-state index in [9.17, 15) is 4.79 Å². The number of anilines is 1. The number of carbonyl (C=O) groups is 1. The quantitative estimate of drug-likeness (QED) is 0.352. The molecule has 0 bridgehead atoms. The van der Waals surface area contributed by atoms with Crippen molar-refractivity contribution in [1.29, 1.82) is 0 Å². The van der Waals surface area contributed by atoms with Crippen LogP contribution in [0.15, 0.2) is 73.1 Å². The van der Waals surface area contributed by atoms with Crippen LogP contribution in [-0.4, -0.2) is 64.5 Å². The van der Waals surface area contributed by atoms with E-state index >= 15 is 0 Å². The van der Waals surface area contributed by atoms with Crippen molar-refractivity contribution in [1.82, 2.24) is 25.2 Å². The number of benzene rings is 2. The number of thiazole rings is 1. The van der Waals surface area contributed by atoms with E-state index in [0.29, 0.717) is 18.0 Å². The van der Waals surface area contributed by atoms with Crippen LogP contribution in [0.2, 0.25) is 5.02 Å². The summed E-state index contributed by atoms with van der Waals surface area (Å²) in [5.41, 5.74) is 2.86. The van der Waals surface area contributed by atoms with Gasteiger partial charge in [-0.15, -0.1) is 11.3 Å². The Balaban J connectivity index is 1.21. The number of hydrogen-bond acceptors (Lipinski definition) is 7. The standard InChI is InChI=1S/C28H29ClN6OS/c1-20(34-14-16-35(17-15-34)28-30-12-5-13-31-28)19-32-25(36)18-24-26(21-6-3-2-4-7-21)33-27(37-24)22-8-10-23(29)11-9-22/h2-13,20H,14-19H2,1H3,(H,32,36). The van der Waals surface area contributed by atoms with Gasteiger partial charge in [0.05, 0.1) is 12.1 Å². The highest BCUT2D eigenvalue weighted by molar-refractivity contribution is 7.15. The van der Waals surface area contributed by atoms with Gasteiger partial charge in [0.15, 0.2) is 0 Å². The van der Waals surface area contributed by atoms with Gasteiger partial charge in [0.1, 0.15) is 5.01 Å². The third-order valence-corrected chi connectivity index (χ3v) is 7.88. The van der Waals surface area contributed by atoms with Crippen LogP contribution in [0, 0.1) is 0 Å². The Kier molecular flexibility index (Phi) is 8.08. The fourth-order valence-corrected chi connectivity index (χ4v) is 5.64. The number of carbonyl (C=O) groups excluding carboxylic acids is 1. The van der Waals surface area contributed by atoms with Gasteiger partial charge < -0.3 is 10.2 Å². The van der Waals surface area contributed by atoms with Crippen molar-refractivity contribution in [3.8, 4) is 21.8 Å². The van der Waals surface area contributed by atoms with Crippen molar-refractivity contribution in [2.75, 3.05) is 37.6 Å². The summed E-state index contributed by atoms with van der Waals surface area (Å²) >= 11 is 7.63. The van der Waals surface area contributed by atoms with Gasteiger partial charge in [-0.2, -0.15) is 0 Å². The molecule has 1 saturated heterocycles. The molecular weight excluding hydrogens is 504 g/mol. The number of halogens is 1. The van der Waals surface area contributed by atoms with Gasteiger partial charge in [-0.3, -0.25) is 9.69 Å². The van der Waals surface area contributed by atoms with Crippen LogP contribution in [-0.2, 0) is 11.2 Å². The van der Waals surface area contributed by atoms with Crippen molar-refractivity contribution in [2.24, 2.45) is 0 Å². The Labute approximate surface area is 226 Å². The molecule has 7 nitrogen and oxygen atoms in total. The zero-order chi connectivity index (χ0) is 25.6. The molecule has 190 valence electrons. The Hall–Kier alpha value is -3.33. The third-order valence-electron chi connectivity index (χ3n) is 6.52. The molecule has 9 heteroatoms. The molecule has 0 spiro atoms. The maximum atomic E-state index is 13.0. The lowest BCUT2D eigenvalue weighted by Crippen LogP contribution is -2.52. The lowest BCUT2D eigenvalue weighted by Gasteiger charge is -2.38. The lowest BCUT2D eigenvalue weighted by molar-refractivity contribution is -0.120. The van der Waals surface area contributed by atoms with Gasteiger partial charge >= 0.3 is 0 Å². The summed E-state index contributed by atoms with van der Waals surface area (Å²) in [6.45, 7) is 6.33. The number of aromatic nitrogens is 3. The second kappa shape index (κ2) is 11.8. The fourth-order valence-electron chi connectivity index (χ4n) is 4.43. The highest BCUT2D eigenvalue weighted by Crippen LogP contribution is 2.34. The van der Waals surface area contributed by atoms with Gasteiger partial charge in [0.2, 0.25) is 11.9 Å². The first-order chi connectivity index (χ1) is 18.1. The highest BCUT2D eigenvalue weighted by Gasteiger charge is 2.23. The zero-order valence-corrected chi connectivity index (χ0v) is 22.3. The second-order valence-corrected chi connectivity index (χ2v) is 10.6. The minimum absolute atomic E-state index is 0.00617. The molecule has 0 radical (unpaired) electrons. The van der Waals surface area contributed by atoms with E-state index in [0.717, 1.165) is 58.8 Å². The summed E-state index contributed by atoms with van der Waals surface area (Å²) in [7, 11) is 0. The molecule has 1 N–H and O–H groups in total. The summed E-state index contributed by atoms with van der Waals surface area (Å²) < 4.78 is 0. The summed E-state index contributed by atoms with van der Waals surface area (Å²) in [5.74, 6) is 0.784. The number of nitrogens with zero attached hydrogens (tertiary/aromatic N) is 5. The van der Waals surface area contributed by atoms with Crippen LogP contribution in [0.5, 0.6) is 0 Å². The van der Waals surface area contributed by atoms with Crippen molar-refractivity contribution >= 4 is 34.8 Å². The maximum Gasteiger partial charge on any atom is 0.225 e. The monoisotopic (exact) mass is 532 g/mol. The summed E-state index contributed by atoms with van der Waals surface area (Å²) in [4.78, 5) is 32.2. The van der Waals surface area contributed by atoms with Crippen LogP contribution >= 0.6 is 22.9 Å². The number of hydrogen-bond donors (Lipinski definition) is 1. The van der Waals surface area contributed by atoms with E-state index < -0.39 is 0 Å². The predicted octanol–water partition coefficient (Wildman–Crippen LogP) is 4.79. The molecule has 2 aromatic heterocycles. The van der Waals surface area contributed by atoms with E-state index in [1.54, 1.807) is 23.7 Å². The van der Waals surface area contributed by atoms with E-state index in [2.05, 4.69) is 32.0 Å². The molecule has 37 heavy (non-hydrogen) atoms. The molecule has 2 aromatic carbocycles. The number of piperazine rings is 1. The Morgan fingerprint density at radius 1 is 0.973 bits per heavy atom. The average Bonchev–Trinajstić information content (AvgIpc) is 3.36. The maximum absolute atomic E-state index is 13.0. The molecule has 0 aliphatic carbocycles. The van der Waals surface area contributed by atoms with Gasteiger partial charge in [0.25, 0.3) is 0 Å². The van der Waals surface area contributed by atoms with E-state index in [1.807, 2.05) is 60.7 Å². The lowest BCUT2D eigenvalue weighted by atomic mass is 10.1. The first-order valence-electron chi connectivity index (χ1n) is 12.4. The molecule has 1 amide bonds. The number of amides is 1. The average molecular weight is 533 g/mol. The number of nitrogens with one attached hydrogen (secondary N) is 1. The minimum atomic E-state index is 0.00617. The zero-order valence-electron chi connectivity index (χ0n) is 20.7. The number of rotatable bonds is 8. The van der Waals surface area contributed by atoms with Crippen LogP contribution in [0.25, 0.3) is 21.8 Å². The molecular formula is C28H29ClN6OS. The Morgan fingerprint density at radius 2 is 1.68 bits per heavy atom. The summed E-state index contributed by atoms with van der Waals surface area (Å²) in [6, 6.07) is 19.8. The van der Waals surface area contributed by atoms with Crippen molar-refractivity contribution in [2.45, 2.75) is 19.4 Å². The van der Waals surface area contributed by atoms with Crippen LogP contribution in [0.4, 0.5) is 5.95 Å². The van der Waals surface area contributed by atoms with Crippen molar-refractivity contribution < 1.29 is 4.79 Å². The van der Waals surface area contributed by atoms with Crippen molar-refractivity contribution in [3.63, 3.8) is 0 Å². The van der Waals surface area contributed by atoms with Gasteiger partial charge in [0, 0.05) is 72.2 Å². The molecule has 1 aliphatic rings. The molecule has 1 atom stereocenters. The van der Waals surface area contributed by atoms with Crippen LogP contribution in [0.3, 0.4) is 0 Å². The fraction of sp³-hybridized carbons (Fsp3) is 0.286. The van der Waals surface area contributed by atoms with Gasteiger partial charge in [-0.1, -0.05) is 54.1 Å². The second-order valence-electron chi connectivity index (χ2n) is 9.07. The molecule has 1 aliphatic heterocycles. The van der Waals surface area contributed by atoms with Gasteiger partial charge in [-0.25, -0.2) is 15.0 Å². The topological polar surface area (TPSA) is 74.2 Å². The SMILES string of the molecule is CC(CNC(=O)Cc1sc(-c2ccc(Cl)cc2)nc1-c1ccccc1)N1CCN(c2ncccn2)CC1. The summed E-state index contributed by atoms with van der Waals surface area (Å²) in [5, 5.41) is 4.72. The van der Waals surface area contributed by atoms with E-state index in [4.69, 9.17) is 16.6 Å². The molecule has 4 aromatic rings. The van der Waals surface area contributed by atoms with E-state index in [1.165, 1.54) is 0 Å². The smallest absolute Gasteiger partial charge is 0.225 e. The van der Waals surface area contributed by atoms with Crippen LogP contribution < -0.4 is 10.2 Å².